The number of piperidine rings is 1. The summed E-state index contributed by atoms with van der Waals surface area (Å²) in [6.45, 7) is 7.45. The highest BCUT2D eigenvalue weighted by Crippen LogP contribution is 2.20. The van der Waals surface area contributed by atoms with E-state index in [0.29, 0.717) is 22.4 Å². The van der Waals surface area contributed by atoms with Crippen LogP contribution < -0.4 is 5.32 Å². The zero-order valence-electron chi connectivity index (χ0n) is 12.2. The van der Waals surface area contributed by atoms with Crippen molar-refractivity contribution in [2.75, 3.05) is 13.1 Å². The second-order valence-electron chi connectivity index (χ2n) is 5.75. The smallest absolute Gasteiger partial charge is 0.135 e. The van der Waals surface area contributed by atoms with Crippen LogP contribution in [0.25, 0.3) is 0 Å². The number of hydrogen-bond donors (Lipinski definition) is 1. The zero-order valence-corrected chi connectivity index (χ0v) is 13.7. The first-order chi connectivity index (χ1) is 9.56. The number of nitrogens with zero attached hydrogens (tertiary/aromatic N) is 2. The van der Waals surface area contributed by atoms with Gasteiger partial charge in [-0.3, -0.25) is 4.90 Å². The highest BCUT2D eigenvalue weighted by Gasteiger charge is 2.19. The van der Waals surface area contributed by atoms with Crippen molar-refractivity contribution in [3.63, 3.8) is 0 Å². The number of rotatable bonds is 5. The van der Waals surface area contributed by atoms with Crippen molar-refractivity contribution < 1.29 is 0 Å². The molecule has 0 amide bonds. The van der Waals surface area contributed by atoms with E-state index >= 15 is 0 Å². The van der Waals surface area contributed by atoms with Crippen LogP contribution in [0.4, 0.5) is 0 Å². The minimum atomic E-state index is 0.448. The van der Waals surface area contributed by atoms with E-state index in [1.807, 2.05) is 6.07 Å². The van der Waals surface area contributed by atoms with Crippen LogP contribution >= 0.6 is 23.2 Å². The van der Waals surface area contributed by atoms with Gasteiger partial charge in [-0.2, -0.15) is 0 Å². The third-order valence-corrected chi connectivity index (χ3v) is 4.40. The van der Waals surface area contributed by atoms with Crippen LogP contribution in [0.1, 0.15) is 38.7 Å². The van der Waals surface area contributed by atoms with E-state index in [4.69, 9.17) is 23.2 Å². The summed E-state index contributed by atoms with van der Waals surface area (Å²) in [5.74, 6) is 0. The summed E-state index contributed by atoms with van der Waals surface area (Å²) < 4.78 is 0. The van der Waals surface area contributed by atoms with Gasteiger partial charge < -0.3 is 5.32 Å². The predicted octanol–water partition coefficient (Wildman–Crippen LogP) is 3.74. The van der Waals surface area contributed by atoms with E-state index in [1.165, 1.54) is 19.3 Å². The van der Waals surface area contributed by atoms with Gasteiger partial charge in [0.05, 0.1) is 0 Å². The van der Waals surface area contributed by atoms with Crippen LogP contribution in [-0.4, -0.2) is 35.1 Å². The normalized spacial score (nSPS) is 19.8. The van der Waals surface area contributed by atoms with Gasteiger partial charge in [0, 0.05) is 30.7 Å². The van der Waals surface area contributed by atoms with Crippen molar-refractivity contribution in [3.05, 3.63) is 28.0 Å². The average molecular weight is 316 g/mol. The van der Waals surface area contributed by atoms with E-state index in [2.05, 4.69) is 29.0 Å². The summed E-state index contributed by atoms with van der Waals surface area (Å²) in [6.07, 6.45) is 3.88. The van der Waals surface area contributed by atoms with E-state index in [9.17, 15) is 0 Å². The summed E-state index contributed by atoms with van der Waals surface area (Å²) in [5, 5.41) is 4.56. The number of aromatic nitrogens is 1. The topological polar surface area (TPSA) is 28.2 Å². The van der Waals surface area contributed by atoms with Gasteiger partial charge in [0.15, 0.2) is 0 Å². The van der Waals surface area contributed by atoms with Gasteiger partial charge in [0.1, 0.15) is 10.3 Å². The Labute approximate surface area is 131 Å². The molecule has 1 aromatic heterocycles. The average Bonchev–Trinajstić information content (AvgIpc) is 2.42. The molecule has 1 N–H and O–H groups in total. The van der Waals surface area contributed by atoms with Crippen molar-refractivity contribution in [3.8, 4) is 0 Å². The molecule has 112 valence electrons. The molecule has 0 saturated carbocycles. The molecule has 0 bridgehead atoms. The molecule has 1 unspecified atom stereocenters. The van der Waals surface area contributed by atoms with Crippen molar-refractivity contribution in [2.24, 2.45) is 0 Å². The minimum Gasteiger partial charge on any atom is -0.313 e. The van der Waals surface area contributed by atoms with Crippen LogP contribution in [0.3, 0.4) is 0 Å². The maximum Gasteiger partial charge on any atom is 0.135 e. The summed E-state index contributed by atoms with van der Waals surface area (Å²) in [4.78, 5) is 6.57. The zero-order chi connectivity index (χ0) is 14.5. The molecule has 1 aliphatic heterocycles. The SMILES string of the molecule is CC(C)N(Cc1ccc(Cl)nc1Cl)CC1CCCCN1. The summed E-state index contributed by atoms with van der Waals surface area (Å²) in [6, 6.07) is 4.84. The fourth-order valence-electron chi connectivity index (χ4n) is 2.60. The van der Waals surface area contributed by atoms with Gasteiger partial charge in [-0.1, -0.05) is 35.7 Å². The molecular formula is C15H23Cl2N3. The van der Waals surface area contributed by atoms with Crippen molar-refractivity contribution >= 4 is 23.2 Å². The molecule has 1 aromatic rings. The molecule has 5 heteroatoms. The van der Waals surface area contributed by atoms with Crippen LogP contribution in [0.5, 0.6) is 0 Å². The molecule has 20 heavy (non-hydrogen) atoms. The van der Waals surface area contributed by atoms with Crippen molar-refractivity contribution in [1.82, 2.24) is 15.2 Å². The molecule has 1 fully saturated rings. The van der Waals surface area contributed by atoms with Crippen LogP contribution in [0.2, 0.25) is 10.3 Å². The third-order valence-electron chi connectivity index (χ3n) is 3.86. The van der Waals surface area contributed by atoms with Crippen LogP contribution in [0, 0.1) is 0 Å². The van der Waals surface area contributed by atoms with Crippen molar-refractivity contribution in [2.45, 2.75) is 51.7 Å². The maximum atomic E-state index is 6.18. The molecule has 1 aliphatic rings. The second-order valence-corrected chi connectivity index (χ2v) is 6.50. The molecule has 1 saturated heterocycles. The van der Waals surface area contributed by atoms with E-state index in [-0.39, 0.29) is 0 Å². The Morgan fingerprint density at radius 3 is 2.75 bits per heavy atom. The lowest BCUT2D eigenvalue weighted by atomic mass is 10.0. The first kappa shape index (κ1) is 16.0. The Morgan fingerprint density at radius 2 is 2.15 bits per heavy atom. The van der Waals surface area contributed by atoms with Crippen LogP contribution in [-0.2, 0) is 6.54 Å². The quantitative estimate of drug-likeness (QED) is 0.839. The van der Waals surface area contributed by atoms with Crippen molar-refractivity contribution in [1.29, 1.82) is 0 Å². The standard InChI is InChI=1S/C15H23Cl2N3/c1-11(2)20(10-13-5-3-4-8-18-13)9-12-6-7-14(16)19-15(12)17/h6-7,11,13,18H,3-5,8-10H2,1-2H3. The highest BCUT2D eigenvalue weighted by molar-refractivity contribution is 6.32. The van der Waals surface area contributed by atoms with Gasteiger partial charge in [-0.05, 0) is 39.3 Å². The largest absolute Gasteiger partial charge is 0.313 e. The number of halogens is 2. The van der Waals surface area contributed by atoms with Gasteiger partial charge in [-0.15, -0.1) is 0 Å². The van der Waals surface area contributed by atoms with E-state index in [1.54, 1.807) is 6.07 Å². The predicted molar refractivity (Wildman–Crippen MR) is 85.4 cm³/mol. The first-order valence-corrected chi connectivity index (χ1v) is 8.10. The molecule has 2 heterocycles. The summed E-state index contributed by atoms with van der Waals surface area (Å²) in [5.41, 5.74) is 1.04. The first-order valence-electron chi connectivity index (χ1n) is 7.34. The van der Waals surface area contributed by atoms with Gasteiger partial charge in [0.25, 0.3) is 0 Å². The van der Waals surface area contributed by atoms with Gasteiger partial charge in [0.2, 0.25) is 0 Å². The highest BCUT2D eigenvalue weighted by atomic mass is 35.5. The molecule has 2 rings (SSSR count). The Kier molecular flexibility index (Phi) is 6.09. The second kappa shape index (κ2) is 7.60. The molecule has 0 spiro atoms. The number of pyridine rings is 1. The van der Waals surface area contributed by atoms with Gasteiger partial charge in [-0.25, -0.2) is 4.98 Å². The lowest BCUT2D eigenvalue weighted by Crippen LogP contribution is -2.45. The minimum absolute atomic E-state index is 0.448. The summed E-state index contributed by atoms with van der Waals surface area (Å²) >= 11 is 12.0. The van der Waals surface area contributed by atoms with Crippen LogP contribution in [0.15, 0.2) is 12.1 Å². The Bertz CT molecular complexity index is 431. The maximum absolute atomic E-state index is 6.18. The molecular weight excluding hydrogens is 293 g/mol. The lowest BCUT2D eigenvalue weighted by Gasteiger charge is -2.33. The Balaban J connectivity index is 2.01. The Morgan fingerprint density at radius 1 is 1.35 bits per heavy atom. The van der Waals surface area contributed by atoms with E-state index in [0.717, 1.165) is 25.2 Å². The summed E-state index contributed by atoms with van der Waals surface area (Å²) in [7, 11) is 0. The van der Waals surface area contributed by atoms with E-state index < -0.39 is 0 Å². The van der Waals surface area contributed by atoms with Gasteiger partial charge >= 0.3 is 0 Å². The molecule has 3 nitrogen and oxygen atoms in total. The number of nitrogens with one attached hydrogen (secondary N) is 1. The fraction of sp³-hybridized carbons (Fsp3) is 0.667. The monoisotopic (exact) mass is 315 g/mol. The molecule has 0 aromatic carbocycles. The molecule has 1 atom stereocenters. The number of hydrogen-bond acceptors (Lipinski definition) is 3. The third kappa shape index (κ3) is 4.59. The molecule has 0 aliphatic carbocycles. The lowest BCUT2D eigenvalue weighted by molar-refractivity contribution is 0.177. The Hall–Kier alpha value is -0.350. The fourth-order valence-corrected chi connectivity index (χ4v) is 3.00. The molecule has 0 radical (unpaired) electrons.